The van der Waals surface area contributed by atoms with Crippen LogP contribution < -0.4 is 5.32 Å². The first kappa shape index (κ1) is 13.6. The summed E-state index contributed by atoms with van der Waals surface area (Å²) in [5.41, 5.74) is 1.53. The van der Waals surface area contributed by atoms with E-state index >= 15 is 0 Å². The van der Waals surface area contributed by atoms with Crippen LogP contribution in [0.1, 0.15) is 38.8 Å². The van der Waals surface area contributed by atoms with Gasteiger partial charge in [0, 0.05) is 18.3 Å². The van der Waals surface area contributed by atoms with Crippen LogP contribution in [-0.2, 0) is 9.84 Å². The molecular formula is C14H21NO2S. The monoisotopic (exact) mass is 267 g/mol. The Morgan fingerprint density at radius 1 is 1.28 bits per heavy atom. The van der Waals surface area contributed by atoms with E-state index in [4.69, 9.17) is 0 Å². The summed E-state index contributed by atoms with van der Waals surface area (Å²) in [6, 6.07) is 7.97. The van der Waals surface area contributed by atoms with Gasteiger partial charge in [0.25, 0.3) is 0 Å². The lowest BCUT2D eigenvalue weighted by Gasteiger charge is -2.16. The van der Waals surface area contributed by atoms with E-state index in [1.54, 1.807) is 12.1 Å². The molecule has 0 heterocycles. The third-order valence-corrected chi connectivity index (χ3v) is 4.90. The van der Waals surface area contributed by atoms with E-state index in [1.807, 2.05) is 12.1 Å². The number of benzene rings is 1. The molecule has 100 valence electrons. The fourth-order valence-corrected chi connectivity index (χ4v) is 2.78. The Bertz CT molecular complexity index is 531. The van der Waals surface area contributed by atoms with Crippen LogP contribution in [0.2, 0.25) is 0 Å². The molecule has 0 aliphatic heterocycles. The predicted octanol–water partition coefficient (Wildman–Crippen LogP) is 2.54. The zero-order valence-corrected chi connectivity index (χ0v) is 12.2. The van der Waals surface area contributed by atoms with Crippen LogP contribution in [0.4, 0.5) is 0 Å². The van der Waals surface area contributed by atoms with Crippen LogP contribution in [0, 0.1) is 5.41 Å². The van der Waals surface area contributed by atoms with Crippen molar-refractivity contribution in [2.75, 3.05) is 6.26 Å². The second-order valence-electron chi connectivity index (χ2n) is 5.97. The van der Waals surface area contributed by atoms with E-state index in [9.17, 15) is 8.42 Å². The summed E-state index contributed by atoms with van der Waals surface area (Å²) in [6.07, 6.45) is 2.44. The summed E-state index contributed by atoms with van der Waals surface area (Å²) in [4.78, 5) is 0.380. The van der Waals surface area contributed by atoms with Crippen molar-refractivity contribution in [1.29, 1.82) is 0 Å². The van der Waals surface area contributed by atoms with Crippen molar-refractivity contribution < 1.29 is 8.42 Å². The second kappa shape index (κ2) is 4.35. The highest BCUT2D eigenvalue weighted by atomic mass is 32.2. The van der Waals surface area contributed by atoms with E-state index in [-0.39, 0.29) is 6.04 Å². The highest BCUT2D eigenvalue weighted by Crippen LogP contribution is 2.45. The van der Waals surface area contributed by atoms with E-state index in [0.29, 0.717) is 16.4 Å². The van der Waals surface area contributed by atoms with Crippen molar-refractivity contribution in [3.05, 3.63) is 29.8 Å². The van der Waals surface area contributed by atoms with Gasteiger partial charge in [-0.1, -0.05) is 26.0 Å². The normalized spacial score (nSPS) is 23.7. The zero-order chi connectivity index (χ0) is 13.6. The fourth-order valence-electron chi connectivity index (χ4n) is 2.15. The number of hydrogen-bond acceptors (Lipinski definition) is 3. The maximum atomic E-state index is 11.4. The standard InChI is InChI=1S/C14H21NO2S/c1-10(15-13-9-14(13,2)3)11-5-7-12(8-6-11)18(4,16)17/h5-8,10,13,15H,9H2,1-4H3. The van der Waals surface area contributed by atoms with E-state index < -0.39 is 9.84 Å². The Morgan fingerprint density at radius 2 is 1.78 bits per heavy atom. The lowest BCUT2D eigenvalue weighted by molar-refractivity contribution is 0.491. The maximum absolute atomic E-state index is 11.4. The van der Waals surface area contributed by atoms with Gasteiger partial charge in [-0.2, -0.15) is 0 Å². The minimum Gasteiger partial charge on any atom is -0.307 e. The number of hydrogen-bond donors (Lipinski definition) is 1. The quantitative estimate of drug-likeness (QED) is 0.912. The number of nitrogens with one attached hydrogen (secondary N) is 1. The van der Waals surface area contributed by atoms with Crippen molar-refractivity contribution >= 4 is 9.84 Å². The summed E-state index contributed by atoms with van der Waals surface area (Å²) in [7, 11) is -3.09. The van der Waals surface area contributed by atoms with Gasteiger partial charge < -0.3 is 5.32 Å². The van der Waals surface area contributed by atoms with Crippen molar-refractivity contribution in [3.8, 4) is 0 Å². The highest BCUT2D eigenvalue weighted by molar-refractivity contribution is 7.90. The average molecular weight is 267 g/mol. The first-order valence-electron chi connectivity index (χ1n) is 6.26. The van der Waals surface area contributed by atoms with Gasteiger partial charge in [-0.3, -0.25) is 0 Å². The van der Waals surface area contributed by atoms with Gasteiger partial charge in [-0.05, 0) is 36.5 Å². The lowest BCUT2D eigenvalue weighted by atomic mass is 10.1. The topological polar surface area (TPSA) is 46.2 Å². The Hall–Kier alpha value is -0.870. The lowest BCUT2D eigenvalue weighted by Crippen LogP contribution is -2.24. The zero-order valence-electron chi connectivity index (χ0n) is 11.4. The average Bonchev–Trinajstić information content (AvgIpc) is 2.85. The molecule has 1 aromatic rings. The largest absolute Gasteiger partial charge is 0.307 e. The molecule has 2 unspecified atom stereocenters. The first-order valence-corrected chi connectivity index (χ1v) is 8.15. The van der Waals surface area contributed by atoms with Gasteiger partial charge >= 0.3 is 0 Å². The predicted molar refractivity (Wildman–Crippen MR) is 73.3 cm³/mol. The van der Waals surface area contributed by atoms with Crippen LogP contribution in [0.15, 0.2) is 29.2 Å². The maximum Gasteiger partial charge on any atom is 0.175 e. The first-order chi connectivity index (χ1) is 8.20. The molecule has 4 heteroatoms. The van der Waals surface area contributed by atoms with E-state index in [1.165, 1.54) is 12.7 Å². The minimum atomic E-state index is -3.09. The van der Waals surface area contributed by atoms with E-state index in [2.05, 4.69) is 26.1 Å². The molecule has 2 atom stereocenters. The Balaban J connectivity index is 2.06. The van der Waals surface area contributed by atoms with Crippen molar-refractivity contribution in [3.63, 3.8) is 0 Å². The molecule has 0 bridgehead atoms. The molecule has 1 aliphatic rings. The van der Waals surface area contributed by atoms with Crippen LogP contribution in [0.25, 0.3) is 0 Å². The molecule has 3 nitrogen and oxygen atoms in total. The Labute approximate surface area is 110 Å². The van der Waals surface area contributed by atoms with Crippen molar-refractivity contribution in [1.82, 2.24) is 5.32 Å². The Kier molecular flexibility index (Phi) is 3.28. The Morgan fingerprint density at radius 3 is 2.17 bits per heavy atom. The van der Waals surface area contributed by atoms with Gasteiger partial charge in [0.2, 0.25) is 0 Å². The van der Waals surface area contributed by atoms with Gasteiger partial charge in [-0.15, -0.1) is 0 Å². The molecule has 0 aromatic heterocycles. The van der Waals surface area contributed by atoms with Crippen LogP contribution in [-0.4, -0.2) is 20.7 Å². The van der Waals surface area contributed by atoms with Crippen molar-refractivity contribution in [2.45, 2.75) is 44.2 Å². The molecular weight excluding hydrogens is 246 g/mol. The molecule has 1 aromatic carbocycles. The third kappa shape index (κ3) is 2.93. The highest BCUT2D eigenvalue weighted by Gasteiger charge is 2.45. The van der Waals surface area contributed by atoms with E-state index in [0.717, 1.165) is 5.56 Å². The number of sulfone groups is 1. The molecule has 1 fully saturated rings. The van der Waals surface area contributed by atoms with Crippen molar-refractivity contribution in [2.24, 2.45) is 5.41 Å². The molecule has 0 saturated heterocycles. The molecule has 0 radical (unpaired) electrons. The SMILES string of the molecule is CC(NC1CC1(C)C)c1ccc(S(C)(=O)=O)cc1. The third-order valence-electron chi connectivity index (χ3n) is 3.77. The fraction of sp³-hybridized carbons (Fsp3) is 0.571. The van der Waals surface area contributed by atoms with Gasteiger partial charge in [0.1, 0.15) is 0 Å². The molecule has 1 aliphatic carbocycles. The van der Waals surface area contributed by atoms with Gasteiger partial charge in [0.15, 0.2) is 9.84 Å². The molecule has 2 rings (SSSR count). The smallest absolute Gasteiger partial charge is 0.175 e. The summed E-state index contributed by atoms with van der Waals surface area (Å²) in [5.74, 6) is 0. The number of rotatable bonds is 4. The minimum absolute atomic E-state index is 0.255. The van der Waals surface area contributed by atoms with Crippen LogP contribution in [0.5, 0.6) is 0 Å². The molecule has 1 N–H and O–H groups in total. The molecule has 0 spiro atoms. The van der Waals surface area contributed by atoms with Gasteiger partial charge in [0.05, 0.1) is 4.90 Å². The van der Waals surface area contributed by atoms with Crippen LogP contribution in [0.3, 0.4) is 0 Å². The summed E-state index contributed by atoms with van der Waals surface area (Å²) in [5, 5.41) is 3.57. The summed E-state index contributed by atoms with van der Waals surface area (Å²) >= 11 is 0. The summed E-state index contributed by atoms with van der Waals surface area (Å²) in [6.45, 7) is 6.62. The molecule has 1 saturated carbocycles. The molecule has 0 amide bonds. The van der Waals surface area contributed by atoms with Gasteiger partial charge in [-0.25, -0.2) is 8.42 Å². The second-order valence-corrected chi connectivity index (χ2v) is 7.99. The van der Waals surface area contributed by atoms with Crippen LogP contribution >= 0.6 is 0 Å². The molecule has 18 heavy (non-hydrogen) atoms. The summed E-state index contributed by atoms with van der Waals surface area (Å²) < 4.78 is 22.7.